The Labute approximate surface area is 94.4 Å². The van der Waals surface area contributed by atoms with E-state index in [1.165, 1.54) is 0 Å². The van der Waals surface area contributed by atoms with Gasteiger partial charge in [-0.1, -0.05) is 23.7 Å². The topological polar surface area (TPSA) is 44.3 Å². The molecule has 1 atom stereocenters. The van der Waals surface area contributed by atoms with Gasteiger partial charge in [-0.3, -0.25) is 0 Å². The minimum atomic E-state index is -0.640. The monoisotopic (exact) mass is 226 g/mol. The van der Waals surface area contributed by atoms with Gasteiger partial charge in [-0.05, 0) is 25.1 Å². The Balaban J connectivity index is 1.95. The summed E-state index contributed by atoms with van der Waals surface area (Å²) < 4.78 is 0. The van der Waals surface area contributed by atoms with Crippen LogP contribution in [0.15, 0.2) is 24.3 Å². The molecule has 0 saturated carbocycles. The molecule has 4 heteroatoms. The second-order valence-corrected chi connectivity index (χ2v) is 4.39. The molecule has 0 aromatic heterocycles. The van der Waals surface area contributed by atoms with Crippen LogP contribution in [0.5, 0.6) is 0 Å². The third-order valence-corrected chi connectivity index (χ3v) is 3.03. The van der Waals surface area contributed by atoms with Gasteiger partial charge >= 0.3 is 0 Å². The van der Waals surface area contributed by atoms with Crippen molar-refractivity contribution in [3.8, 4) is 0 Å². The van der Waals surface area contributed by atoms with Crippen LogP contribution in [-0.4, -0.2) is 30.3 Å². The van der Waals surface area contributed by atoms with Crippen LogP contribution in [0.4, 0.5) is 5.69 Å². The summed E-state index contributed by atoms with van der Waals surface area (Å²) in [5.74, 6) is 0. The zero-order valence-corrected chi connectivity index (χ0v) is 9.22. The number of anilines is 1. The van der Waals surface area contributed by atoms with Crippen LogP contribution in [-0.2, 0) is 0 Å². The highest BCUT2D eigenvalue weighted by Crippen LogP contribution is 2.22. The smallest absolute Gasteiger partial charge is 0.0954 e. The number of aliphatic hydroxyl groups is 1. The van der Waals surface area contributed by atoms with Crippen LogP contribution in [0.25, 0.3) is 0 Å². The van der Waals surface area contributed by atoms with E-state index in [0.29, 0.717) is 18.1 Å². The normalized spacial score (nSPS) is 25.5. The van der Waals surface area contributed by atoms with Crippen molar-refractivity contribution in [3.63, 3.8) is 0 Å². The van der Waals surface area contributed by atoms with Gasteiger partial charge < -0.3 is 15.7 Å². The Morgan fingerprint density at radius 1 is 1.47 bits per heavy atom. The fraction of sp³-hybridized carbons (Fsp3) is 0.455. The van der Waals surface area contributed by atoms with Crippen LogP contribution in [0.2, 0.25) is 5.02 Å². The van der Waals surface area contributed by atoms with Gasteiger partial charge in [0.05, 0.1) is 16.3 Å². The van der Waals surface area contributed by atoms with E-state index in [1.54, 1.807) is 0 Å². The van der Waals surface area contributed by atoms with Crippen LogP contribution >= 0.6 is 11.6 Å². The van der Waals surface area contributed by atoms with Crippen LogP contribution in [0, 0.1) is 0 Å². The van der Waals surface area contributed by atoms with Gasteiger partial charge in [0, 0.05) is 13.1 Å². The summed E-state index contributed by atoms with van der Waals surface area (Å²) in [6, 6.07) is 7.55. The van der Waals surface area contributed by atoms with E-state index in [4.69, 9.17) is 11.6 Å². The molecule has 1 heterocycles. The molecule has 3 nitrogen and oxygen atoms in total. The molecule has 15 heavy (non-hydrogen) atoms. The molecule has 0 bridgehead atoms. The number of hydrogen-bond acceptors (Lipinski definition) is 3. The Kier molecular flexibility index (Phi) is 3.14. The average molecular weight is 227 g/mol. The molecule has 1 saturated heterocycles. The molecule has 1 fully saturated rings. The minimum Gasteiger partial charge on any atom is -0.387 e. The van der Waals surface area contributed by atoms with E-state index in [1.807, 2.05) is 24.3 Å². The van der Waals surface area contributed by atoms with Crippen molar-refractivity contribution in [3.05, 3.63) is 29.3 Å². The fourth-order valence-electron chi connectivity index (χ4n) is 1.75. The molecule has 1 unspecified atom stereocenters. The number of benzene rings is 1. The molecule has 1 aromatic carbocycles. The third kappa shape index (κ3) is 2.62. The molecule has 82 valence electrons. The van der Waals surface area contributed by atoms with Crippen molar-refractivity contribution in [1.82, 2.24) is 5.32 Å². The maximum atomic E-state index is 10.1. The Morgan fingerprint density at radius 3 is 2.93 bits per heavy atom. The second-order valence-electron chi connectivity index (χ2n) is 3.98. The zero-order chi connectivity index (χ0) is 10.7. The molecule has 2 rings (SSSR count). The SMILES string of the molecule is OC1(CNc2ccccc2Cl)CCNC1. The van der Waals surface area contributed by atoms with E-state index in [-0.39, 0.29) is 0 Å². The lowest BCUT2D eigenvalue weighted by atomic mass is 10.0. The summed E-state index contributed by atoms with van der Waals surface area (Å²) in [6.07, 6.45) is 0.782. The standard InChI is InChI=1S/C11H15ClN2O/c12-9-3-1-2-4-10(9)14-8-11(15)5-6-13-7-11/h1-4,13-15H,5-8H2. The number of hydrogen-bond donors (Lipinski definition) is 3. The summed E-state index contributed by atoms with van der Waals surface area (Å²) in [7, 11) is 0. The minimum absolute atomic E-state index is 0.531. The predicted octanol–water partition coefficient (Wildman–Crippen LogP) is 1.48. The molecule has 0 radical (unpaired) electrons. The molecular weight excluding hydrogens is 212 g/mol. The molecule has 0 aliphatic carbocycles. The maximum Gasteiger partial charge on any atom is 0.0954 e. The summed E-state index contributed by atoms with van der Waals surface area (Å²) in [5.41, 5.74) is 0.235. The van der Waals surface area contributed by atoms with E-state index in [2.05, 4.69) is 10.6 Å². The van der Waals surface area contributed by atoms with Gasteiger partial charge in [0.2, 0.25) is 0 Å². The second kappa shape index (κ2) is 4.39. The zero-order valence-electron chi connectivity index (χ0n) is 8.46. The molecular formula is C11H15ClN2O. The van der Waals surface area contributed by atoms with E-state index < -0.39 is 5.60 Å². The Bertz CT molecular complexity index is 337. The molecule has 3 N–H and O–H groups in total. The number of β-amino-alcohol motifs (C(OH)–C–C–N with tert-alkyl or cyclic N) is 1. The highest BCUT2D eigenvalue weighted by atomic mass is 35.5. The summed E-state index contributed by atoms with van der Waals surface area (Å²) in [5, 5.41) is 17.1. The highest BCUT2D eigenvalue weighted by Gasteiger charge is 2.30. The Hall–Kier alpha value is -0.770. The lowest BCUT2D eigenvalue weighted by Crippen LogP contribution is -2.38. The van der Waals surface area contributed by atoms with Crippen LogP contribution in [0.1, 0.15) is 6.42 Å². The van der Waals surface area contributed by atoms with Crippen molar-refractivity contribution in [2.24, 2.45) is 0 Å². The van der Waals surface area contributed by atoms with Crippen molar-refractivity contribution in [2.45, 2.75) is 12.0 Å². The predicted molar refractivity (Wildman–Crippen MR) is 62.4 cm³/mol. The molecule has 1 aromatic rings. The van der Waals surface area contributed by atoms with Crippen molar-refractivity contribution in [2.75, 3.05) is 25.0 Å². The molecule has 0 spiro atoms. The van der Waals surface area contributed by atoms with E-state index in [9.17, 15) is 5.11 Å². The largest absolute Gasteiger partial charge is 0.387 e. The fourth-order valence-corrected chi connectivity index (χ4v) is 1.95. The third-order valence-electron chi connectivity index (χ3n) is 2.70. The Morgan fingerprint density at radius 2 is 2.27 bits per heavy atom. The van der Waals surface area contributed by atoms with Crippen molar-refractivity contribution < 1.29 is 5.11 Å². The molecule has 1 aliphatic heterocycles. The molecule has 1 aliphatic rings. The van der Waals surface area contributed by atoms with Gasteiger partial charge in [-0.15, -0.1) is 0 Å². The van der Waals surface area contributed by atoms with Gasteiger partial charge in [0.15, 0.2) is 0 Å². The first-order chi connectivity index (χ1) is 7.20. The number of halogens is 1. The van der Waals surface area contributed by atoms with Gasteiger partial charge in [0.1, 0.15) is 0 Å². The average Bonchev–Trinajstić information content (AvgIpc) is 2.65. The number of rotatable bonds is 3. The van der Waals surface area contributed by atoms with Gasteiger partial charge in [-0.2, -0.15) is 0 Å². The summed E-state index contributed by atoms with van der Waals surface area (Å²) >= 11 is 6.00. The first-order valence-electron chi connectivity index (χ1n) is 5.11. The lowest BCUT2D eigenvalue weighted by molar-refractivity contribution is 0.0752. The molecule has 0 amide bonds. The van der Waals surface area contributed by atoms with Crippen molar-refractivity contribution in [1.29, 1.82) is 0 Å². The van der Waals surface area contributed by atoms with Gasteiger partial charge in [-0.25, -0.2) is 0 Å². The van der Waals surface area contributed by atoms with Crippen LogP contribution < -0.4 is 10.6 Å². The highest BCUT2D eigenvalue weighted by molar-refractivity contribution is 6.33. The first kappa shape index (κ1) is 10.7. The first-order valence-corrected chi connectivity index (χ1v) is 5.49. The van der Waals surface area contributed by atoms with Gasteiger partial charge in [0.25, 0.3) is 0 Å². The number of para-hydroxylation sites is 1. The van der Waals surface area contributed by atoms with E-state index in [0.717, 1.165) is 18.7 Å². The summed E-state index contributed by atoms with van der Waals surface area (Å²) in [4.78, 5) is 0. The van der Waals surface area contributed by atoms with Crippen LogP contribution in [0.3, 0.4) is 0 Å². The van der Waals surface area contributed by atoms with Crippen molar-refractivity contribution >= 4 is 17.3 Å². The van der Waals surface area contributed by atoms with E-state index >= 15 is 0 Å². The number of nitrogens with one attached hydrogen (secondary N) is 2. The summed E-state index contributed by atoms with van der Waals surface area (Å²) in [6.45, 7) is 2.05. The lowest BCUT2D eigenvalue weighted by Gasteiger charge is -2.22. The quantitative estimate of drug-likeness (QED) is 0.732. The maximum absolute atomic E-state index is 10.1.